The van der Waals surface area contributed by atoms with Crippen molar-refractivity contribution in [3.63, 3.8) is 0 Å². The first-order valence-electron chi connectivity index (χ1n) is 3.64. The second-order valence-electron chi connectivity index (χ2n) is 1.95. The molecule has 0 bridgehead atoms. The van der Waals surface area contributed by atoms with Gasteiger partial charge in [0, 0.05) is 0 Å². The zero-order valence-electron chi connectivity index (χ0n) is 7.09. The molecule has 8 nitrogen and oxygen atoms in total. The van der Waals surface area contributed by atoms with Crippen LogP contribution in [-0.2, 0) is 0 Å². The standard InChI is InChI=1S/C5H14N6O2/c6-1-8-4(12)10-3-11-5(13)9-2-7/h1-3,6-7H2,(H2,8,10,12)(H2,9,11,13). The number of nitrogens with two attached hydrogens (primary N) is 2. The van der Waals surface area contributed by atoms with Crippen LogP contribution in [0.5, 0.6) is 0 Å². The summed E-state index contributed by atoms with van der Waals surface area (Å²) in [4.78, 5) is 21.4. The number of hydrogen-bond donors (Lipinski definition) is 6. The van der Waals surface area contributed by atoms with Gasteiger partial charge in [-0.3, -0.25) is 0 Å². The minimum absolute atomic E-state index is 0.0116. The van der Waals surface area contributed by atoms with Gasteiger partial charge >= 0.3 is 12.1 Å². The average Bonchev–Trinajstić information content (AvgIpc) is 2.05. The second-order valence-corrected chi connectivity index (χ2v) is 1.95. The van der Waals surface area contributed by atoms with Gasteiger partial charge in [0.05, 0.1) is 20.0 Å². The number of nitrogens with one attached hydrogen (secondary N) is 4. The minimum Gasteiger partial charge on any atom is -0.326 e. The van der Waals surface area contributed by atoms with E-state index in [1.807, 2.05) is 0 Å². The molecule has 8 N–H and O–H groups in total. The fourth-order valence-corrected chi connectivity index (χ4v) is 0.515. The zero-order chi connectivity index (χ0) is 10.1. The lowest BCUT2D eigenvalue weighted by molar-refractivity contribution is 0.235. The quantitative estimate of drug-likeness (QED) is 0.270. The molecule has 0 aromatic rings. The Morgan fingerprint density at radius 3 is 1.54 bits per heavy atom. The van der Waals surface area contributed by atoms with Gasteiger partial charge in [0.2, 0.25) is 0 Å². The third kappa shape index (κ3) is 6.84. The van der Waals surface area contributed by atoms with Gasteiger partial charge in [0.1, 0.15) is 0 Å². The van der Waals surface area contributed by atoms with Crippen molar-refractivity contribution in [3.05, 3.63) is 0 Å². The second kappa shape index (κ2) is 7.13. The van der Waals surface area contributed by atoms with E-state index < -0.39 is 12.1 Å². The average molecular weight is 190 g/mol. The smallest absolute Gasteiger partial charge is 0.317 e. The summed E-state index contributed by atoms with van der Waals surface area (Å²) < 4.78 is 0. The topological polar surface area (TPSA) is 134 Å². The van der Waals surface area contributed by atoms with Gasteiger partial charge in [0.25, 0.3) is 0 Å². The fourth-order valence-electron chi connectivity index (χ4n) is 0.515. The van der Waals surface area contributed by atoms with Gasteiger partial charge in [-0.2, -0.15) is 0 Å². The molecule has 13 heavy (non-hydrogen) atoms. The van der Waals surface area contributed by atoms with Crippen molar-refractivity contribution in [2.24, 2.45) is 11.5 Å². The van der Waals surface area contributed by atoms with Crippen LogP contribution in [0.25, 0.3) is 0 Å². The summed E-state index contributed by atoms with van der Waals surface area (Å²) in [5, 5.41) is 9.23. The third-order valence-electron chi connectivity index (χ3n) is 1.02. The van der Waals surface area contributed by atoms with Crippen LogP contribution in [0.2, 0.25) is 0 Å². The fraction of sp³-hybridized carbons (Fsp3) is 0.600. The van der Waals surface area contributed by atoms with Crippen LogP contribution in [0, 0.1) is 0 Å². The highest BCUT2D eigenvalue weighted by Crippen LogP contribution is 1.62. The molecule has 0 atom stereocenters. The van der Waals surface area contributed by atoms with Gasteiger partial charge in [-0.25, -0.2) is 9.59 Å². The molecule has 0 aliphatic heterocycles. The van der Waals surface area contributed by atoms with Gasteiger partial charge in [-0.1, -0.05) is 0 Å². The van der Waals surface area contributed by atoms with E-state index >= 15 is 0 Å². The molecule has 0 heterocycles. The van der Waals surface area contributed by atoms with Crippen molar-refractivity contribution in [1.29, 1.82) is 0 Å². The summed E-state index contributed by atoms with van der Waals surface area (Å²) in [5.74, 6) is 0. The predicted molar refractivity (Wildman–Crippen MR) is 46.3 cm³/mol. The highest BCUT2D eigenvalue weighted by molar-refractivity contribution is 5.76. The monoisotopic (exact) mass is 190 g/mol. The Labute approximate surface area is 75.4 Å². The number of urea groups is 2. The number of carbonyl (C=O) groups is 2. The van der Waals surface area contributed by atoms with E-state index in [-0.39, 0.29) is 20.0 Å². The first-order valence-corrected chi connectivity index (χ1v) is 3.64. The first-order chi connectivity index (χ1) is 6.20. The van der Waals surface area contributed by atoms with Crippen LogP contribution in [0.4, 0.5) is 9.59 Å². The number of carbonyl (C=O) groups excluding carboxylic acids is 2. The van der Waals surface area contributed by atoms with E-state index in [2.05, 4.69) is 21.3 Å². The maximum atomic E-state index is 10.7. The Balaban J connectivity index is 3.33. The van der Waals surface area contributed by atoms with Gasteiger partial charge in [0.15, 0.2) is 0 Å². The lowest BCUT2D eigenvalue weighted by atomic mass is 10.8. The Bertz CT molecular complexity index is 154. The van der Waals surface area contributed by atoms with Crippen LogP contribution in [0.15, 0.2) is 0 Å². The highest BCUT2D eigenvalue weighted by atomic mass is 16.2. The van der Waals surface area contributed by atoms with Crippen molar-refractivity contribution in [2.75, 3.05) is 20.0 Å². The summed E-state index contributed by atoms with van der Waals surface area (Å²) in [6.45, 7) is 0.0966. The zero-order valence-corrected chi connectivity index (χ0v) is 7.09. The maximum Gasteiger partial charge on any atom is 0.317 e. The molecule has 4 amide bonds. The Morgan fingerprint density at radius 2 is 1.23 bits per heavy atom. The lowest BCUT2D eigenvalue weighted by Gasteiger charge is -2.07. The van der Waals surface area contributed by atoms with Crippen molar-refractivity contribution in [3.8, 4) is 0 Å². The number of rotatable bonds is 4. The van der Waals surface area contributed by atoms with Crippen LogP contribution in [0.3, 0.4) is 0 Å². The molecule has 0 rings (SSSR count). The Morgan fingerprint density at radius 1 is 0.846 bits per heavy atom. The molecule has 76 valence electrons. The van der Waals surface area contributed by atoms with Crippen LogP contribution in [0.1, 0.15) is 0 Å². The molecule has 0 aromatic heterocycles. The summed E-state index contributed by atoms with van der Waals surface area (Å²) in [6.07, 6.45) is 0. The van der Waals surface area contributed by atoms with Crippen LogP contribution in [-0.4, -0.2) is 32.1 Å². The van der Waals surface area contributed by atoms with Crippen molar-refractivity contribution in [2.45, 2.75) is 0 Å². The van der Waals surface area contributed by atoms with Gasteiger partial charge in [-0.15, -0.1) is 0 Å². The third-order valence-corrected chi connectivity index (χ3v) is 1.02. The summed E-state index contributed by atoms with van der Waals surface area (Å²) in [7, 11) is 0. The molecule has 0 fully saturated rings. The summed E-state index contributed by atoms with van der Waals surface area (Å²) >= 11 is 0. The molecule has 0 aromatic carbocycles. The Hall–Kier alpha value is -1.54. The van der Waals surface area contributed by atoms with E-state index in [0.717, 1.165) is 0 Å². The number of hydrogen-bond acceptors (Lipinski definition) is 4. The summed E-state index contributed by atoms with van der Waals surface area (Å²) in [5.41, 5.74) is 10.0. The number of amides is 4. The van der Waals surface area contributed by atoms with Crippen LogP contribution < -0.4 is 32.7 Å². The molecule has 0 saturated carbocycles. The maximum absolute atomic E-state index is 10.7. The summed E-state index contributed by atoms with van der Waals surface area (Å²) in [6, 6.07) is -0.897. The Kier molecular flexibility index (Phi) is 6.28. The molecule has 0 spiro atoms. The predicted octanol–water partition coefficient (Wildman–Crippen LogP) is -2.63. The van der Waals surface area contributed by atoms with E-state index in [4.69, 9.17) is 11.5 Å². The lowest BCUT2D eigenvalue weighted by Crippen LogP contribution is -2.47. The van der Waals surface area contributed by atoms with Crippen LogP contribution >= 0.6 is 0 Å². The first kappa shape index (κ1) is 11.5. The molecule has 0 aliphatic carbocycles. The van der Waals surface area contributed by atoms with E-state index in [0.29, 0.717) is 0 Å². The van der Waals surface area contributed by atoms with Gasteiger partial charge < -0.3 is 32.7 Å². The molecule has 0 unspecified atom stereocenters. The minimum atomic E-state index is -0.449. The van der Waals surface area contributed by atoms with Crippen molar-refractivity contribution in [1.82, 2.24) is 21.3 Å². The van der Waals surface area contributed by atoms with Crippen molar-refractivity contribution >= 4 is 12.1 Å². The SMILES string of the molecule is NCNC(=O)NCNC(=O)NCN. The molecular weight excluding hydrogens is 176 g/mol. The normalized spacial score (nSPS) is 8.77. The van der Waals surface area contributed by atoms with E-state index in [9.17, 15) is 9.59 Å². The van der Waals surface area contributed by atoms with Gasteiger partial charge in [-0.05, 0) is 0 Å². The van der Waals surface area contributed by atoms with E-state index in [1.165, 1.54) is 0 Å². The van der Waals surface area contributed by atoms with E-state index in [1.54, 1.807) is 0 Å². The molecule has 8 heteroatoms. The molecular formula is C5H14N6O2. The van der Waals surface area contributed by atoms with Crippen molar-refractivity contribution < 1.29 is 9.59 Å². The molecule has 0 aliphatic rings. The molecule has 0 radical (unpaired) electrons. The largest absolute Gasteiger partial charge is 0.326 e. The highest BCUT2D eigenvalue weighted by Gasteiger charge is 1.98. The molecule has 0 saturated heterocycles.